The molecule has 0 heterocycles. The van der Waals surface area contributed by atoms with E-state index < -0.39 is 18.2 Å². The molecule has 31 heavy (non-hydrogen) atoms. The van der Waals surface area contributed by atoms with Gasteiger partial charge in [-0.25, -0.2) is 9.59 Å². The molecule has 3 aromatic carbocycles. The van der Waals surface area contributed by atoms with Crippen LogP contribution in [0.15, 0.2) is 77.3 Å². The van der Waals surface area contributed by atoms with Crippen molar-refractivity contribution in [1.29, 1.82) is 0 Å². The van der Waals surface area contributed by atoms with Gasteiger partial charge in [-0.05, 0) is 46.5 Å². The molecule has 1 unspecified atom stereocenters. The summed E-state index contributed by atoms with van der Waals surface area (Å²) in [6.45, 7) is -0.0623. The summed E-state index contributed by atoms with van der Waals surface area (Å²) in [6.07, 6.45) is -1.92. The Bertz CT molecular complexity index is 1050. The number of fused-ring (bicyclic) bond motifs is 3. The van der Waals surface area contributed by atoms with Crippen molar-refractivity contribution in [3.05, 3.63) is 88.4 Å². The Balaban J connectivity index is 1.36. The van der Waals surface area contributed by atoms with Crippen LogP contribution in [0.4, 0.5) is 4.79 Å². The summed E-state index contributed by atoms with van der Waals surface area (Å²) in [5.74, 6) is -0.848. The minimum atomic E-state index is -1.23. The molecule has 1 aliphatic rings. The van der Waals surface area contributed by atoms with Crippen molar-refractivity contribution in [2.75, 3.05) is 13.2 Å². The van der Waals surface area contributed by atoms with E-state index in [1.165, 1.54) is 0 Å². The van der Waals surface area contributed by atoms with Crippen LogP contribution in [0.25, 0.3) is 11.1 Å². The molecule has 7 heteroatoms. The molecular weight excluding hydrogens is 462 g/mol. The Labute approximate surface area is 187 Å². The average Bonchev–Trinajstić information content (AvgIpc) is 3.10. The molecule has 0 bridgehead atoms. The van der Waals surface area contributed by atoms with Gasteiger partial charge >= 0.3 is 12.1 Å². The maximum atomic E-state index is 12.3. The van der Waals surface area contributed by atoms with Crippen LogP contribution in [0.2, 0.25) is 0 Å². The predicted molar refractivity (Wildman–Crippen MR) is 119 cm³/mol. The van der Waals surface area contributed by atoms with Gasteiger partial charge in [-0.2, -0.15) is 0 Å². The highest BCUT2D eigenvalue weighted by Gasteiger charge is 2.29. The molecule has 0 spiro atoms. The largest absolute Gasteiger partial charge is 0.478 e. The molecule has 0 saturated carbocycles. The topological polar surface area (TPSA) is 84.9 Å². The van der Waals surface area contributed by atoms with Gasteiger partial charge in [-0.1, -0.05) is 64.5 Å². The highest BCUT2D eigenvalue weighted by Crippen LogP contribution is 2.44. The number of nitrogens with one attached hydrogen (secondary N) is 1. The summed E-state index contributed by atoms with van der Waals surface area (Å²) in [4.78, 5) is 23.8. The first-order valence-electron chi connectivity index (χ1n) is 9.77. The Morgan fingerprint density at radius 2 is 1.52 bits per heavy atom. The fourth-order valence-electron chi connectivity index (χ4n) is 3.68. The van der Waals surface area contributed by atoms with Crippen LogP contribution in [-0.2, 0) is 9.53 Å². The lowest BCUT2D eigenvalue weighted by molar-refractivity contribution is -0.144. The van der Waals surface area contributed by atoms with E-state index in [0.717, 1.165) is 26.7 Å². The van der Waals surface area contributed by atoms with Gasteiger partial charge in [0.1, 0.15) is 12.4 Å². The number of carbonyl (C=O) groups is 2. The number of hydrogen-bond donors (Lipinski definition) is 2. The predicted octanol–water partition coefficient (Wildman–Crippen LogP) is 4.82. The smallest absolute Gasteiger partial charge is 0.407 e. The SMILES string of the molecule is O=C(NCC(Oc1ccc(Br)cc1)C(=O)O)OCC1c2ccccc2-c2ccccc21. The van der Waals surface area contributed by atoms with Crippen LogP contribution in [0.1, 0.15) is 17.0 Å². The summed E-state index contributed by atoms with van der Waals surface area (Å²) in [5, 5.41) is 11.9. The van der Waals surface area contributed by atoms with Crippen LogP contribution >= 0.6 is 15.9 Å². The quantitative estimate of drug-likeness (QED) is 0.505. The molecule has 3 aromatic rings. The average molecular weight is 482 g/mol. The molecular formula is C24H20BrNO5. The molecule has 0 saturated heterocycles. The van der Waals surface area contributed by atoms with Crippen molar-refractivity contribution >= 4 is 28.0 Å². The van der Waals surface area contributed by atoms with Crippen molar-refractivity contribution in [3.63, 3.8) is 0 Å². The van der Waals surface area contributed by atoms with E-state index in [4.69, 9.17) is 9.47 Å². The van der Waals surface area contributed by atoms with E-state index in [0.29, 0.717) is 5.75 Å². The number of carboxylic acids is 1. The van der Waals surface area contributed by atoms with Gasteiger partial charge in [-0.15, -0.1) is 0 Å². The van der Waals surface area contributed by atoms with Crippen molar-refractivity contribution in [3.8, 4) is 16.9 Å². The number of amides is 1. The normalized spacial score (nSPS) is 13.1. The van der Waals surface area contributed by atoms with Gasteiger partial charge < -0.3 is 19.9 Å². The monoisotopic (exact) mass is 481 g/mol. The molecule has 2 N–H and O–H groups in total. The highest BCUT2D eigenvalue weighted by molar-refractivity contribution is 9.10. The zero-order chi connectivity index (χ0) is 21.8. The molecule has 4 rings (SSSR count). The third-order valence-electron chi connectivity index (χ3n) is 5.14. The van der Waals surface area contributed by atoms with Gasteiger partial charge in [0.2, 0.25) is 6.10 Å². The van der Waals surface area contributed by atoms with E-state index >= 15 is 0 Å². The number of rotatable bonds is 7. The Kier molecular flexibility index (Phi) is 6.23. The van der Waals surface area contributed by atoms with E-state index in [-0.39, 0.29) is 19.1 Å². The Hall–Kier alpha value is -3.32. The van der Waals surface area contributed by atoms with Crippen molar-refractivity contribution < 1.29 is 24.2 Å². The summed E-state index contributed by atoms with van der Waals surface area (Å²) in [6, 6.07) is 22.9. The van der Waals surface area contributed by atoms with Gasteiger partial charge in [0.15, 0.2) is 0 Å². The lowest BCUT2D eigenvalue weighted by atomic mass is 9.98. The summed E-state index contributed by atoms with van der Waals surface area (Å²) in [7, 11) is 0. The molecule has 6 nitrogen and oxygen atoms in total. The number of carboxylic acid groups (broad SMARTS) is 1. The third kappa shape index (κ3) is 4.72. The number of hydrogen-bond acceptors (Lipinski definition) is 4. The number of aliphatic carboxylic acids is 1. The second kappa shape index (κ2) is 9.22. The van der Waals surface area contributed by atoms with Crippen LogP contribution in [0, 0.1) is 0 Å². The summed E-state index contributed by atoms with van der Waals surface area (Å²) in [5.41, 5.74) is 4.50. The second-order valence-corrected chi connectivity index (χ2v) is 8.02. The molecule has 0 aliphatic heterocycles. The minimum absolute atomic E-state index is 0.0626. The maximum absolute atomic E-state index is 12.3. The number of benzene rings is 3. The van der Waals surface area contributed by atoms with Gasteiger partial charge in [0, 0.05) is 10.4 Å². The molecule has 1 aliphatic carbocycles. The van der Waals surface area contributed by atoms with E-state index in [1.54, 1.807) is 24.3 Å². The molecule has 0 fully saturated rings. The molecule has 0 radical (unpaired) electrons. The van der Waals surface area contributed by atoms with Gasteiger partial charge in [0.05, 0.1) is 6.54 Å². The third-order valence-corrected chi connectivity index (χ3v) is 5.67. The lowest BCUT2D eigenvalue weighted by Gasteiger charge is -2.17. The number of halogens is 1. The maximum Gasteiger partial charge on any atom is 0.407 e. The fourth-order valence-corrected chi connectivity index (χ4v) is 3.95. The second-order valence-electron chi connectivity index (χ2n) is 7.11. The molecule has 1 amide bonds. The first kappa shape index (κ1) is 20.9. The Morgan fingerprint density at radius 3 is 2.10 bits per heavy atom. The van der Waals surface area contributed by atoms with Crippen LogP contribution < -0.4 is 10.1 Å². The van der Waals surface area contributed by atoms with Crippen molar-refractivity contribution in [1.82, 2.24) is 5.32 Å². The van der Waals surface area contributed by atoms with Crippen LogP contribution in [0.5, 0.6) is 5.75 Å². The summed E-state index contributed by atoms with van der Waals surface area (Å²) >= 11 is 3.31. The lowest BCUT2D eigenvalue weighted by Crippen LogP contribution is -2.40. The van der Waals surface area contributed by atoms with Crippen molar-refractivity contribution in [2.24, 2.45) is 0 Å². The highest BCUT2D eigenvalue weighted by atomic mass is 79.9. The van der Waals surface area contributed by atoms with E-state index in [1.807, 2.05) is 36.4 Å². The first-order chi connectivity index (χ1) is 15.0. The molecule has 0 aromatic heterocycles. The van der Waals surface area contributed by atoms with E-state index in [9.17, 15) is 14.7 Å². The number of carbonyl (C=O) groups excluding carboxylic acids is 1. The minimum Gasteiger partial charge on any atom is -0.478 e. The zero-order valence-corrected chi connectivity index (χ0v) is 18.0. The van der Waals surface area contributed by atoms with Crippen LogP contribution in [0.3, 0.4) is 0 Å². The summed E-state index contributed by atoms with van der Waals surface area (Å²) < 4.78 is 11.7. The fraction of sp³-hybridized carbons (Fsp3) is 0.167. The van der Waals surface area contributed by atoms with Gasteiger partial charge in [0.25, 0.3) is 0 Å². The number of alkyl carbamates (subject to hydrolysis) is 1. The zero-order valence-electron chi connectivity index (χ0n) is 16.5. The molecule has 158 valence electrons. The number of ether oxygens (including phenoxy) is 2. The molecule has 1 atom stereocenters. The standard InChI is InChI=1S/C24H20BrNO5/c25-15-9-11-16(12-10-15)31-22(23(27)28)13-26-24(29)30-14-21-19-7-3-1-5-17(19)18-6-2-4-8-20(18)21/h1-12,21-22H,13-14H2,(H,26,29)(H,27,28). The van der Waals surface area contributed by atoms with Gasteiger partial charge in [-0.3, -0.25) is 0 Å². The van der Waals surface area contributed by atoms with E-state index in [2.05, 4.69) is 33.4 Å². The van der Waals surface area contributed by atoms with Crippen molar-refractivity contribution in [2.45, 2.75) is 12.0 Å². The Morgan fingerprint density at radius 1 is 0.935 bits per heavy atom. The first-order valence-corrected chi connectivity index (χ1v) is 10.6. The van der Waals surface area contributed by atoms with Crippen LogP contribution in [-0.4, -0.2) is 36.4 Å².